The van der Waals surface area contributed by atoms with E-state index < -0.39 is 0 Å². The van der Waals surface area contributed by atoms with Crippen LogP contribution in [0.15, 0.2) is 61.2 Å². The first-order valence-corrected chi connectivity index (χ1v) is 14.8. The van der Waals surface area contributed by atoms with E-state index in [1.54, 1.807) is 25.4 Å². The number of ether oxygens (including phenoxy) is 2. The number of thiazole rings is 1. The minimum absolute atomic E-state index is 0.116. The van der Waals surface area contributed by atoms with Gasteiger partial charge in [0.1, 0.15) is 23.5 Å². The molecule has 0 radical (unpaired) electrons. The summed E-state index contributed by atoms with van der Waals surface area (Å²) in [4.78, 5) is 29.8. The van der Waals surface area contributed by atoms with Gasteiger partial charge in [0.2, 0.25) is 0 Å². The largest absolute Gasteiger partial charge is 0.372 e. The summed E-state index contributed by atoms with van der Waals surface area (Å²) < 4.78 is 27.1. The maximum absolute atomic E-state index is 13.6. The van der Waals surface area contributed by atoms with Crippen LogP contribution in [0.4, 0.5) is 21.0 Å². The molecule has 2 aliphatic rings. The molecule has 13 heteroatoms. The normalized spacial score (nSPS) is 18.6. The smallest absolute Gasteiger partial charge is 0.263 e. The molecular weight excluding hydrogens is 571 g/mol. The van der Waals surface area contributed by atoms with Gasteiger partial charge in [-0.25, -0.2) is 19.3 Å². The average molecular weight is 601 g/mol. The lowest BCUT2D eigenvalue weighted by Gasteiger charge is -2.24. The molecule has 2 atom stereocenters. The molecule has 11 nitrogen and oxygen atoms in total. The molecule has 0 unspecified atom stereocenters. The highest BCUT2D eigenvalue weighted by molar-refractivity contribution is 7.15. The van der Waals surface area contributed by atoms with Gasteiger partial charge in [-0.05, 0) is 42.8 Å². The van der Waals surface area contributed by atoms with Crippen molar-refractivity contribution in [1.29, 1.82) is 0 Å². The van der Waals surface area contributed by atoms with Crippen LogP contribution in [0.25, 0.3) is 10.9 Å². The maximum Gasteiger partial charge on any atom is 0.263 e. The van der Waals surface area contributed by atoms with Gasteiger partial charge in [0.05, 0.1) is 49.4 Å². The summed E-state index contributed by atoms with van der Waals surface area (Å²) in [7, 11) is 0. The first-order chi connectivity index (χ1) is 21.0. The van der Waals surface area contributed by atoms with Crippen molar-refractivity contribution in [2.45, 2.75) is 32.2 Å². The van der Waals surface area contributed by atoms with Crippen molar-refractivity contribution < 1.29 is 18.7 Å². The SMILES string of the molecule is Cc1ncnc(Nc2ccc3c(cnn3Cc3cccc(F)c3)c2)c1C(=O)Nc1ncc(CN2C[C@H]3OCCO[C@@H]3C2)s1. The van der Waals surface area contributed by atoms with Crippen molar-refractivity contribution in [1.82, 2.24) is 29.6 Å². The van der Waals surface area contributed by atoms with Gasteiger partial charge in [-0.15, -0.1) is 11.3 Å². The van der Waals surface area contributed by atoms with Crippen LogP contribution < -0.4 is 10.6 Å². The number of aromatic nitrogens is 5. The summed E-state index contributed by atoms with van der Waals surface area (Å²) in [5, 5.41) is 12.1. The summed E-state index contributed by atoms with van der Waals surface area (Å²) in [5.41, 5.74) is 3.33. The summed E-state index contributed by atoms with van der Waals surface area (Å²) in [6, 6.07) is 12.2. The number of hydrogen-bond donors (Lipinski definition) is 2. The Morgan fingerprint density at radius 2 is 1.88 bits per heavy atom. The fraction of sp³-hybridized carbons (Fsp3) is 0.300. The van der Waals surface area contributed by atoms with Gasteiger partial charge in [0.15, 0.2) is 5.13 Å². The highest BCUT2D eigenvalue weighted by Crippen LogP contribution is 2.28. The summed E-state index contributed by atoms with van der Waals surface area (Å²) in [6.07, 6.45) is 5.21. The number of amides is 1. The Labute approximate surface area is 250 Å². The number of rotatable bonds is 8. The number of nitrogens with one attached hydrogen (secondary N) is 2. The zero-order valence-electron chi connectivity index (χ0n) is 23.4. The van der Waals surface area contributed by atoms with E-state index in [0.717, 1.165) is 46.7 Å². The van der Waals surface area contributed by atoms with Crippen molar-refractivity contribution in [3.63, 3.8) is 0 Å². The summed E-state index contributed by atoms with van der Waals surface area (Å²) in [5.74, 6) is -0.242. The predicted molar refractivity (Wildman–Crippen MR) is 160 cm³/mol. The molecule has 3 aromatic heterocycles. The Kier molecular flexibility index (Phi) is 7.53. The fourth-order valence-electron chi connectivity index (χ4n) is 5.56. The second kappa shape index (κ2) is 11.8. The average Bonchev–Trinajstić information content (AvgIpc) is 3.71. The molecule has 2 fully saturated rings. The third-order valence-corrected chi connectivity index (χ3v) is 8.48. The van der Waals surface area contributed by atoms with Crippen molar-refractivity contribution in [3.8, 4) is 0 Å². The number of halogens is 1. The first-order valence-electron chi connectivity index (χ1n) is 14.0. The van der Waals surface area contributed by atoms with Crippen LogP contribution in [-0.2, 0) is 22.6 Å². The van der Waals surface area contributed by atoms with Gasteiger partial charge in [-0.3, -0.25) is 19.7 Å². The van der Waals surface area contributed by atoms with Crippen LogP contribution in [0.3, 0.4) is 0 Å². The van der Waals surface area contributed by atoms with E-state index in [2.05, 4.69) is 35.6 Å². The third kappa shape index (κ3) is 5.97. The molecule has 5 aromatic rings. The van der Waals surface area contributed by atoms with E-state index in [9.17, 15) is 9.18 Å². The van der Waals surface area contributed by atoms with Crippen molar-refractivity contribution in [2.24, 2.45) is 0 Å². The van der Waals surface area contributed by atoms with Crippen LogP contribution in [-0.4, -0.2) is 74.1 Å². The van der Waals surface area contributed by atoms with Crippen LogP contribution in [0.5, 0.6) is 0 Å². The monoisotopic (exact) mass is 600 g/mol. The first kappa shape index (κ1) is 27.5. The van der Waals surface area contributed by atoms with Gasteiger partial charge in [0, 0.05) is 41.8 Å². The Bertz CT molecular complexity index is 1780. The van der Waals surface area contributed by atoms with Gasteiger partial charge in [-0.2, -0.15) is 5.10 Å². The third-order valence-electron chi connectivity index (χ3n) is 7.58. The van der Waals surface area contributed by atoms with Gasteiger partial charge in [0.25, 0.3) is 5.91 Å². The number of anilines is 3. The number of benzene rings is 2. The molecule has 0 aliphatic carbocycles. The molecule has 0 saturated carbocycles. The molecule has 220 valence electrons. The second-order valence-electron chi connectivity index (χ2n) is 10.6. The number of hydrogen-bond acceptors (Lipinski definition) is 10. The molecule has 2 saturated heterocycles. The number of nitrogens with zero attached hydrogens (tertiary/aromatic N) is 6. The number of aryl methyl sites for hydroxylation is 1. The molecule has 43 heavy (non-hydrogen) atoms. The van der Waals surface area contributed by atoms with Gasteiger partial charge in [-0.1, -0.05) is 12.1 Å². The highest BCUT2D eigenvalue weighted by atomic mass is 32.1. The quantitative estimate of drug-likeness (QED) is 0.268. The fourth-order valence-corrected chi connectivity index (χ4v) is 6.41. The van der Waals surface area contributed by atoms with Crippen molar-refractivity contribution in [3.05, 3.63) is 88.7 Å². The van der Waals surface area contributed by atoms with Crippen LogP contribution >= 0.6 is 11.3 Å². The number of fused-ring (bicyclic) bond motifs is 2. The molecule has 2 N–H and O–H groups in total. The molecule has 0 bridgehead atoms. The van der Waals surface area contributed by atoms with Crippen LogP contribution in [0.2, 0.25) is 0 Å². The summed E-state index contributed by atoms with van der Waals surface area (Å²) in [6.45, 7) is 5.86. The molecule has 5 heterocycles. The van der Waals surface area contributed by atoms with Crippen molar-refractivity contribution >= 4 is 44.8 Å². The van der Waals surface area contributed by atoms with E-state index in [1.807, 2.05) is 28.9 Å². The van der Waals surface area contributed by atoms with Crippen LogP contribution in [0, 0.1) is 12.7 Å². The number of likely N-dealkylation sites (tertiary alicyclic amines) is 1. The van der Waals surface area contributed by atoms with E-state index in [0.29, 0.717) is 42.0 Å². The Balaban J connectivity index is 1.04. The molecule has 1 amide bonds. The minimum atomic E-state index is -0.348. The maximum atomic E-state index is 13.6. The zero-order chi connectivity index (χ0) is 29.3. The van der Waals surface area contributed by atoms with Gasteiger partial charge >= 0.3 is 0 Å². The Morgan fingerprint density at radius 3 is 2.70 bits per heavy atom. The Hall–Kier alpha value is -4.30. The lowest BCUT2D eigenvalue weighted by molar-refractivity contribution is -0.116. The number of carbonyl (C=O) groups is 1. The highest BCUT2D eigenvalue weighted by Gasteiger charge is 2.36. The standard InChI is InChI=1S/C30H29FN8O3S/c1-18-27(29(40)37-30-32-12-23(43-30)14-38-15-25-26(16-38)42-8-7-41-25)28(34-17-33-18)36-22-5-6-24-20(10-22)11-35-39(24)13-19-3-2-4-21(31)9-19/h2-6,9-12,17,25-26H,7-8,13-16H2,1H3,(H,32,37,40)(H,33,34,36)/t25-,26-/m1/s1. The lowest BCUT2D eigenvalue weighted by Crippen LogP contribution is -2.36. The molecule has 7 rings (SSSR count). The predicted octanol–water partition coefficient (Wildman–Crippen LogP) is 4.37. The van der Waals surface area contributed by atoms with E-state index >= 15 is 0 Å². The summed E-state index contributed by atoms with van der Waals surface area (Å²) >= 11 is 1.44. The minimum Gasteiger partial charge on any atom is -0.372 e. The van der Waals surface area contributed by atoms with Crippen molar-refractivity contribution in [2.75, 3.05) is 36.9 Å². The molecule has 2 aromatic carbocycles. The Morgan fingerprint density at radius 1 is 1.05 bits per heavy atom. The van der Waals surface area contributed by atoms with Gasteiger partial charge < -0.3 is 14.8 Å². The van der Waals surface area contributed by atoms with E-state index in [-0.39, 0.29) is 23.9 Å². The van der Waals surface area contributed by atoms with Crippen LogP contribution in [0.1, 0.15) is 26.5 Å². The molecule has 2 aliphatic heterocycles. The lowest BCUT2D eigenvalue weighted by atomic mass is 10.2. The topological polar surface area (TPSA) is 119 Å². The molecular formula is C30H29FN8O3S. The van der Waals surface area contributed by atoms with E-state index in [1.165, 1.54) is 29.8 Å². The molecule has 0 spiro atoms. The zero-order valence-corrected chi connectivity index (χ0v) is 24.2. The van der Waals surface area contributed by atoms with E-state index in [4.69, 9.17) is 9.47 Å². The number of carbonyl (C=O) groups excluding carboxylic acids is 1. The second-order valence-corrected chi connectivity index (χ2v) is 11.7.